The van der Waals surface area contributed by atoms with E-state index in [1.807, 2.05) is 11.3 Å². The van der Waals surface area contributed by atoms with Crippen molar-refractivity contribution >= 4 is 11.3 Å². The second-order valence-electron chi connectivity index (χ2n) is 6.32. The number of hydrogen-bond acceptors (Lipinski definition) is 2. The van der Waals surface area contributed by atoms with E-state index in [1.165, 1.54) is 48.2 Å². The summed E-state index contributed by atoms with van der Waals surface area (Å²) in [6.07, 6.45) is 5.69. The maximum absolute atomic E-state index is 3.68. The Morgan fingerprint density at radius 3 is 2.71 bits per heavy atom. The second-order valence-corrected chi connectivity index (χ2v) is 7.32. The molecule has 1 nitrogen and oxygen atoms in total. The van der Waals surface area contributed by atoms with Crippen molar-refractivity contribution < 1.29 is 0 Å². The van der Waals surface area contributed by atoms with E-state index >= 15 is 0 Å². The van der Waals surface area contributed by atoms with Gasteiger partial charge in [0.05, 0.1) is 0 Å². The van der Waals surface area contributed by atoms with Crippen molar-refractivity contribution in [3.8, 4) is 11.1 Å². The minimum Gasteiger partial charge on any atom is -0.312 e. The quantitative estimate of drug-likeness (QED) is 0.786. The Kier molecular flexibility index (Phi) is 5.10. The Balaban J connectivity index is 1.51. The third kappa shape index (κ3) is 3.96. The van der Waals surface area contributed by atoms with E-state index in [2.05, 4.69) is 54.0 Å². The summed E-state index contributed by atoms with van der Waals surface area (Å²) in [5.41, 5.74) is 2.67. The number of nitrogens with one attached hydrogen (secondary N) is 1. The lowest BCUT2D eigenvalue weighted by atomic mass is 9.80. The van der Waals surface area contributed by atoms with Crippen LogP contribution in [0.15, 0.2) is 41.8 Å². The Morgan fingerprint density at radius 2 is 1.90 bits per heavy atom. The Labute approximate surface area is 132 Å². The van der Waals surface area contributed by atoms with E-state index in [9.17, 15) is 0 Å². The molecule has 1 fully saturated rings. The molecule has 1 N–H and O–H groups in total. The van der Waals surface area contributed by atoms with Crippen molar-refractivity contribution in [3.05, 3.63) is 46.7 Å². The molecule has 0 radical (unpaired) electrons. The maximum Gasteiger partial charge on any atom is 0.0300 e. The van der Waals surface area contributed by atoms with Crippen LogP contribution in [0.4, 0.5) is 0 Å². The molecule has 0 aliphatic heterocycles. The molecular weight excluding hydrogens is 274 g/mol. The number of hydrogen-bond donors (Lipinski definition) is 1. The smallest absolute Gasteiger partial charge is 0.0300 e. The summed E-state index contributed by atoms with van der Waals surface area (Å²) in [6, 6.07) is 13.0. The summed E-state index contributed by atoms with van der Waals surface area (Å²) in [5.74, 6) is 1.78. The van der Waals surface area contributed by atoms with Gasteiger partial charge in [-0.2, -0.15) is 0 Å². The Hall–Kier alpha value is -1.12. The highest BCUT2D eigenvalue weighted by molar-refractivity contribution is 7.10. The molecule has 1 aliphatic carbocycles. The van der Waals surface area contributed by atoms with Crippen LogP contribution < -0.4 is 5.32 Å². The predicted octanol–water partition coefficient (Wildman–Crippen LogP) is 5.33. The van der Waals surface area contributed by atoms with Crippen LogP contribution in [0.1, 0.15) is 37.5 Å². The van der Waals surface area contributed by atoms with Crippen molar-refractivity contribution in [2.24, 2.45) is 11.8 Å². The normalized spacial score (nSPS) is 22.3. The van der Waals surface area contributed by atoms with Crippen LogP contribution in [0.2, 0.25) is 0 Å². The zero-order valence-electron chi connectivity index (χ0n) is 12.8. The molecule has 2 atom stereocenters. The zero-order chi connectivity index (χ0) is 14.5. The van der Waals surface area contributed by atoms with E-state index in [0.29, 0.717) is 0 Å². The molecule has 3 rings (SSSR count). The topological polar surface area (TPSA) is 12.0 Å². The van der Waals surface area contributed by atoms with Crippen molar-refractivity contribution in [1.29, 1.82) is 0 Å². The van der Waals surface area contributed by atoms with E-state index in [-0.39, 0.29) is 0 Å². The Morgan fingerprint density at radius 1 is 1.10 bits per heavy atom. The molecule has 0 spiro atoms. The molecule has 0 amide bonds. The predicted molar refractivity (Wildman–Crippen MR) is 92.6 cm³/mol. The fourth-order valence-corrected chi connectivity index (χ4v) is 4.20. The molecule has 1 saturated carbocycles. The van der Waals surface area contributed by atoms with Crippen molar-refractivity contribution in [2.75, 3.05) is 6.54 Å². The highest BCUT2D eigenvalue weighted by Gasteiger charge is 2.20. The first-order valence-electron chi connectivity index (χ1n) is 8.16. The lowest BCUT2D eigenvalue weighted by molar-refractivity contribution is 0.248. The first kappa shape index (κ1) is 14.8. The van der Waals surface area contributed by atoms with Gasteiger partial charge in [-0.25, -0.2) is 0 Å². The second kappa shape index (κ2) is 7.24. The minimum absolute atomic E-state index is 0.882. The first-order valence-corrected chi connectivity index (χ1v) is 9.04. The molecule has 112 valence electrons. The van der Waals surface area contributed by atoms with Gasteiger partial charge in [-0.1, -0.05) is 56.5 Å². The molecule has 1 heterocycles. The van der Waals surface area contributed by atoms with Crippen LogP contribution in [-0.2, 0) is 6.54 Å². The summed E-state index contributed by atoms with van der Waals surface area (Å²) in [7, 11) is 0. The first-order chi connectivity index (χ1) is 10.3. The van der Waals surface area contributed by atoms with Crippen LogP contribution in [0.5, 0.6) is 0 Å². The zero-order valence-corrected chi connectivity index (χ0v) is 13.7. The van der Waals surface area contributed by atoms with E-state index in [0.717, 1.165) is 18.4 Å². The summed E-state index contributed by atoms with van der Waals surface area (Å²) >= 11 is 1.87. The van der Waals surface area contributed by atoms with Crippen LogP contribution >= 0.6 is 11.3 Å². The largest absolute Gasteiger partial charge is 0.312 e. The number of benzene rings is 1. The summed E-state index contributed by atoms with van der Waals surface area (Å²) in [4.78, 5) is 1.44. The van der Waals surface area contributed by atoms with Gasteiger partial charge in [0.15, 0.2) is 0 Å². The fraction of sp³-hybridized carbons (Fsp3) is 0.474. The van der Waals surface area contributed by atoms with Crippen LogP contribution in [0, 0.1) is 11.8 Å². The molecule has 2 unspecified atom stereocenters. The molecule has 21 heavy (non-hydrogen) atoms. The highest BCUT2D eigenvalue weighted by Crippen LogP contribution is 2.29. The molecule has 1 aromatic carbocycles. The van der Waals surface area contributed by atoms with Gasteiger partial charge >= 0.3 is 0 Å². The molecule has 0 bridgehead atoms. The van der Waals surface area contributed by atoms with Gasteiger partial charge in [0.1, 0.15) is 0 Å². The molecular formula is C19H25NS. The summed E-state index contributed by atoms with van der Waals surface area (Å²) in [6.45, 7) is 4.62. The molecule has 0 saturated heterocycles. The summed E-state index contributed by atoms with van der Waals surface area (Å²) in [5, 5.41) is 5.95. The molecule has 1 aliphatic rings. The average Bonchev–Trinajstić information content (AvgIpc) is 2.99. The fourth-order valence-electron chi connectivity index (χ4n) is 3.33. The van der Waals surface area contributed by atoms with Crippen molar-refractivity contribution in [2.45, 2.75) is 39.2 Å². The lowest BCUT2D eigenvalue weighted by Gasteiger charge is -2.28. The van der Waals surface area contributed by atoms with Crippen LogP contribution in [0.25, 0.3) is 11.1 Å². The van der Waals surface area contributed by atoms with Gasteiger partial charge in [0.2, 0.25) is 0 Å². The maximum atomic E-state index is 3.68. The van der Waals surface area contributed by atoms with Gasteiger partial charge in [-0.05, 0) is 47.4 Å². The van der Waals surface area contributed by atoms with Gasteiger partial charge in [-0.3, -0.25) is 0 Å². The number of thiophene rings is 1. The monoisotopic (exact) mass is 299 g/mol. The Bertz CT molecular complexity index is 546. The van der Waals surface area contributed by atoms with Gasteiger partial charge in [0, 0.05) is 11.4 Å². The minimum atomic E-state index is 0.882. The van der Waals surface area contributed by atoms with Gasteiger partial charge in [0.25, 0.3) is 0 Å². The third-order valence-electron chi connectivity index (χ3n) is 4.76. The van der Waals surface area contributed by atoms with E-state index in [1.54, 1.807) is 0 Å². The molecule has 2 heteroatoms. The van der Waals surface area contributed by atoms with Gasteiger partial charge < -0.3 is 5.32 Å². The lowest BCUT2D eigenvalue weighted by Crippen LogP contribution is -2.28. The van der Waals surface area contributed by atoms with E-state index in [4.69, 9.17) is 0 Å². The van der Waals surface area contributed by atoms with Crippen molar-refractivity contribution in [3.63, 3.8) is 0 Å². The standard InChI is InChI=1S/C19H25NS/c1-15-7-5-6-10-17(15)12-20-13-19-11-18(14-21-19)16-8-3-2-4-9-16/h2-4,8-9,11,14-15,17,20H,5-7,10,12-13H2,1H3. The number of rotatable bonds is 5. The molecule has 1 aromatic heterocycles. The summed E-state index contributed by atoms with van der Waals surface area (Å²) < 4.78 is 0. The highest BCUT2D eigenvalue weighted by atomic mass is 32.1. The third-order valence-corrected chi connectivity index (χ3v) is 5.69. The van der Waals surface area contributed by atoms with E-state index < -0.39 is 0 Å². The van der Waals surface area contributed by atoms with Crippen LogP contribution in [0.3, 0.4) is 0 Å². The van der Waals surface area contributed by atoms with Gasteiger partial charge in [-0.15, -0.1) is 11.3 Å². The van der Waals surface area contributed by atoms with Crippen molar-refractivity contribution in [1.82, 2.24) is 5.32 Å². The molecule has 2 aromatic rings. The SMILES string of the molecule is CC1CCCCC1CNCc1cc(-c2ccccc2)cs1. The van der Waals surface area contributed by atoms with Crippen LogP contribution in [-0.4, -0.2) is 6.54 Å². The average molecular weight is 299 g/mol.